The lowest BCUT2D eigenvalue weighted by Crippen LogP contribution is -2.49. The molecule has 1 atom stereocenters. The van der Waals surface area contributed by atoms with Crippen LogP contribution in [0.5, 0.6) is 0 Å². The van der Waals surface area contributed by atoms with Crippen LogP contribution >= 0.6 is 36.4 Å². The third kappa shape index (κ3) is 5.14. The number of halogens is 7. The lowest BCUT2D eigenvalue weighted by Gasteiger charge is -2.36. The number of alkyl halides is 3. The zero-order valence-corrected chi connectivity index (χ0v) is 13.2. The Bertz CT molecular complexity index is 451. The minimum absolute atomic E-state index is 0. The Balaban J connectivity index is 0.00000200. The summed E-state index contributed by atoms with van der Waals surface area (Å²) in [5, 5.41) is 2.81. The molecule has 0 spiro atoms. The van der Waals surface area contributed by atoms with Crippen LogP contribution in [0.3, 0.4) is 0 Å². The molecular weight excluding hydrogens is 354 g/mol. The molecule has 1 saturated heterocycles. The van der Waals surface area contributed by atoms with Crippen LogP contribution in [0.4, 0.5) is 17.6 Å². The van der Waals surface area contributed by atoms with Crippen LogP contribution in [0.15, 0.2) is 18.2 Å². The van der Waals surface area contributed by atoms with Gasteiger partial charge >= 0.3 is 6.18 Å². The van der Waals surface area contributed by atoms with Gasteiger partial charge < -0.3 is 5.32 Å². The Morgan fingerprint density at radius 2 is 1.71 bits per heavy atom. The summed E-state index contributed by atoms with van der Waals surface area (Å²) < 4.78 is 53.0. The lowest BCUT2D eigenvalue weighted by atomic mass is 10.0. The molecule has 0 radical (unpaired) electrons. The van der Waals surface area contributed by atoms with Crippen LogP contribution in [-0.4, -0.2) is 37.3 Å². The predicted octanol–water partition coefficient (Wildman–Crippen LogP) is 3.83. The van der Waals surface area contributed by atoms with Crippen molar-refractivity contribution in [1.82, 2.24) is 10.2 Å². The number of nitrogens with zero attached hydrogens (tertiary/aromatic N) is 1. The normalized spacial score (nSPS) is 17.6. The van der Waals surface area contributed by atoms with Crippen molar-refractivity contribution in [2.24, 2.45) is 0 Å². The minimum atomic E-state index is -4.45. The van der Waals surface area contributed by atoms with E-state index >= 15 is 0 Å². The van der Waals surface area contributed by atoms with E-state index in [1.54, 1.807) is 0 Å². The topological polar surface area (TPSA) is 15.3 Å². The van der Waals surface area contributed by atoms with Crippen molar-refractivity contribution < 1.29 is 17.6 Å². The monoisotopic (exact) mass is 368 g/mol. The summed E-state index contributed by atoms with van der Waals surface area (Å²) in [6, 6.07) is 1.46. The van der Waals surface area contributed by atoms with Gasteiger partial charge in [0, 0.05) is 26.2 Å². The first-order chi connectivity index (χ1) is 8.89. The Morgan fingerprint density at radius 3 is 2.19 bits per heavy atom. The van der Waals surface area contributed by atoms with Gasteiger partial charge in [-0.15, -0.1) is 24.8 Å². The van der Waals surface area contributed by atoms with E-state index in [0.29, 0.717) is 13.1 Å². The fourth-order valence-electron chi connectivity index (χ4n) is 2.23. The second-order valence-corrected chi connectivity index (χ2v) is 4.81. The molecule has 1 aromatic rings. The molecule has 0 aliphatic carbocycles. The third-order valence-electron chi connectivity index (χ3n) is 3.09. The Hall–Kier alpha value is -0.270. The van der Waals surface area contributed by atoms with Gasteiger partial charge in [0.1, 0.15) is 11.9 Å². The molecule has 1 fully saturated rings. The van der Waals surface area contributed by atoms with Crippen LogP contribution in [0.2, 0.25) is 5.02 Å². The molecule has 1 N–H and O–H groups in total. The highest BCUT2D eigenvalue weighted by atomic mass is 35.5. The van der Waals surface area contributed by atoms with Gasteiger partial charge in [-0.1, -0.05) is 17.7 Å². The maximum Gasteiger partial charge on any atom is 0.408 e. The second kappa shape index (κ2) is 8.39. The summed E-state index contributed by atoms with van der Waals surface area (Å²) in [5.74, 6) is -0.830. The molecule has 21 heavy (non-hydrogen) atoms. The van der Waals surface area contributed by atoms with E-state index in [2.05, 4.69) is 5.32 Å². The maximum absolute atomic E-state index is 13.4. The third-order valence-corrected chi connectivity index (χ3v) is 3.39. The first-order valence-corrected chi connectivity index (χ1v) is 6.24. The van der Waals surface area contributed by atoms with E-state index < -0.39 is 18.0 Å². The van der Waals surface area contributed by atoms with Crippen molar-refractivity contribution in [3.63, 3.8) is 0 Å². The highest BCUT2D eigenvalue weighted by molar-refractivity contribution is 6.30. The van der Waals surface area contributed by atoms with Crippen LogP contribution in [0, 0.1) is 5.82 Å². The largest absolute Gasteiger partial charge is 0.408 e. The average Bonchev–Trinajstić information content (AvgIpc) is 2.34. The number of hydrogen-bond donors (Lipinski definition) is 1. The summed E-state index contributed by atoms with van der Waals surface area (Å²) in [5.41, 5.74) is -0.115. The molecule has 1 heterocycles. The highest BCUT2D eigenvalue weighted by Gasteiger charge is 2.45. The van der Waals surface area contributed by atoms with Gasteiger partial charge in [-0.3, -0.25) is 4.90 Å². The number of hydrogen-bond acceptors (Lipinski definition) is 2. The van der Waals surface area contributed by atoms with E-state index in [1.807, 2.05) is 0 Å². The number of piperazine rings is 1. The van der Waals surface area contributed by atoms with E-state index in [4.69, 9.17) is 11.6 Å². The van der Waals surface area contributed by atoms with Crippen molar-refractivity contribution >= 4 is 36.4 Å². The SMILES string of the molecule is Cl.Cl.Fc1cc([C@@H](N2CCNCC2)C(F)(F)F)ccc1Cl. The highest BCUT2D eigenvalue weighted by Crippen LogP contribution is 2.38. The summed E-state index contributed by atoms with van der Waals surface area (Å²) in [4.78, 5) is 1.30. The first kappa shape index (κ1) is 20.7. The predicted molar refractivity (Wildman–Crippen MR) is 79.1 cm³/mol. The van der Waals surface area contributed by atoms with Gasteiger partial charge in [-0.2, -0.15) is 13.2 Å². The van der Waals surface area contributed by atoms with Gasteiger partial charge in [-0.25, -0.2) is 4.39 Å². The van der Waals surface area contributed by atoms with Crippen LogP contribution in [0.1, 0.15) is 11.6 Å². The molecule has 0 unspecified atom stereocenters. The Kier molecular flexibility index (Phi) is 8.28. The van der Waals surface area contributed by atoms with Crippen LogP contribution in [0.25, 0.3) is 0 Å². The molecular formula is C12H15Cl3F4N2. The zero-order chi connectivity index (χ0) is 14.0. The Labute approximate surface area is 137 Å². The zero-order valence-electron chi connectivity index (χ0n) is 10.8. The Morgan fingerprint density at radius 1 is 1.14 bits per heavy atom. The standard InChI is InChI=1S/C12H13ClF4N2.2ClH/c13-9-2-1-8(7-10(9)14)11(12(15,16)17)19-5-3-18-4-6-19;;/h1-2,7,11,18H,3-6H2;2*1H/t11-;;/m1../s1. The van der Waals surface area contributed by atoms with Gasteiger partial charge in [0.15, 0.2) is 0 Å². The van der Waals surface area contributed by atoms with E-state index in [1.165, 1.54) is 11.0 Å². The molecule has 1 aliphatic rings. The summed E-state index contributed by atoms with van der Waals surface area (Å²) >= 11 is 5.51. The molecule has 0 amide bonds. The van der Waals surface area contributed by atoms with Gasteiger partial charge in [0.25, 0.3) is 0 Å². The van der Waals surface area contributed by atoms with E-state index in [0.717, 1.165) is 12.1 Å². The van der Waals surface area contributed by atoms with Crippen LogP contribution in [-0.2, 0) is 0 Å². The average molecular weight is 370 g/mol. The van der Waals surface area contributed by atoms with E-state index in [-0.39, 0.29) is 48.5 Å². The molecule has 0 saturated carbocycles. The first-order valence-electron chi connectivity index (χ1n) is 5.86. The van der Waals surface area contributed by atoms with Crippen molar-refractivity contribution in [2.75, 3.05) is 26.2 Å². The summed E-state index contributed by atoms with van der Waals surface area (Å²) in [6.45, 7) is 1.52. The molecule has 0 bridgehead atoms. The second-order valence-electron chi connectivity index (χ2n) is 4.40. The fraction of sp³-hybridized carbons (Fsp3) is 0.500. The van der Waals surface area contributed by atoms with Gasteiger partial charge in [0.05, 0.1) is 5.02 Å². The van der Waals surface area contributed by atoms with Crippen molar-refractivity contribution in [3.05, 3.63) is 34.6 Å². The summed E-state index contributed by atoms with van der Waals surface area (Å²) in [6.07, 6.45) is -4.45. The van der Waals surface area contributed by atoms with Crippen molar-refractivity contribution in [3.8, 4) is 0 Å². The number of rotatable bonds is 2. The molecule has 122 valence electrons. The number of nitrogens with one attached hydrogen (secondary N) is 1. The maximum atomic E-state index is 13.4. The fourth-order valence-corrected chi connectivity index (χ4v) is 2.35. The lowest BCUT2D eigenvalue weighted by molar-refractivity contribution is -0.187. The molecule has 2 nitrogen and oxygen atoms in total. The molecule has 1 aromatic carbocycles. The quantitative estimate of drug-likeness (QED) is 0.797. The molecule has 2 rings (SSSR count). The van der Waals surface area contributed by atoms with Crippen molar-refractivity contribution in [1.29, 1.82) is 0 Å². The van der Waals surface area contributed by atoms with Gasteiger partial charge in [0.2, 0.25) is 0 Å². The minimum Gasteiger partial charge on any atom is -0.314 e. The number of benzene rings is 1. The van der Waals surface area contributed by atoms with Crippen molar-refractivity contribution in [2.45, 2.75) is 12.2 Å². The smallest absolute Gasteiger partial charge is 0.314 e. The molecule has 9 heteroatoms. The molecule has 1 aliphatic heterocycles. The summed E-state index contributed by atoms with van der Waals surface area (Å²) in [7, 11) is 0. The molecule has 0 aromatic heterocycles. The van der Waals surface area contributed by atoms with Crippen LogP contribution < -0.4 is 5.32 Å². The van der Waals surface area contributed by atoms with Gasteiger partial charge in [-0.05, 0) is 17.7 Å². The van der Waals surface area contributed by atoms with E-state index in [9.17, 15) is 17.6 Å².